The normalized spacial score (nSPS) is 18.5. The Morgan fingerprint density at radius 2 is 1.76 bits per heavy atom. The van der Waals surface area contributed by atoms with E-state index < -0.39 is 0 Å². The smallest absolute Gasteiger partial charge is 0.348 e. The zero-order valence-electron chi connectivity index (χ0n) is 21.3. The minimum absolute atomic E-state index is 0.00981. The third-order valence-corrected chi connectivity index (χ3v) is 9.36. The van der Waals surface area contributed by atoms with Crippen LogP contribution in [0.4, 0.5) is 5.69 Å². The van der Waals surface area contributed by atoms with Crippen LogP contribution in [0.3, 0.4) is 0 Å². The molecule has 194 valence electrons. The first kappa shape index (κ1) is 24.2. The van der Waals surface area contributed by atoms with Gasteiger partial charge in [-0.05, 0) is 55.7 Å². The topological polar surface area (TPSA) is 71.8 Å². The Hall–Kier alpha value is -3.13. The van der Waals surface area contributed by atoms with Gasteiger partial charge in [0.25, 0.3) is 0 Å². The highest BCUT2D eigenvalue weighted by Gasteiger charge is 2.35. The summed E-state index contributed by atoms with van der Waals surface area (Å²) in [6.07, 6.45) is 9.01. The zero-order valence-corrected chi connectivity index (χ0v) is 22.1. The third kappa shape index (κ3) is 4.25. The Kier molecular flexibility index (Phi) is 6.53. The molecule has 0 radical (unpaired) electrons. The Morgan fingerprint density at radius 1 is 1.03 bits per heavy atom. The minimum Gasteiger partial charge on any atom is -0.465 e. The predicted molar refractivity (Wildman–Crippen MR) is 145 cm³/mol. The third-order valence-electron chi connectivity index (χ3n) is 8.22. The number of likely N-dealkylation sites (tertiary alicyclic amines) is 1. The lowest BCUT2D eigenvalue weighted by atomic mass is 9.83. The fraction of sp³-hybridized carbons (Fsp3) is 0.483. The highest BCUT2D eigenvalue weighted by atomic mass is 32.1. The average Bonchev–Trinajstić information content (AvgIpc) is 3.46. The van der Waals surface area contributed by atoms with Gasteiger partial charge in [-0.2, -0.15) is 0 Å². The monoisotopic (exact) mass is 519 g/mol. The van der Waals surface area contributed by atoms with Crippen molar-refractivity contribution >= 4 is 45.0 Å². The lowest BCUT2D eigenvalue weighted by Gasteiger charge is -2.30. The summed E-state index contributed by atoms with van der Waals surface area (Å²) < 4.78 is 8.21. The van der Waals surface area contributed by atoms with E-state index in [0.29, 0.717) is 10.8 Å². The zero-order chi connectivity index (χ0) is 25.5. The molecule has 37 heavy (non-hydrogen) atoms. The Bertz CT molecular complexity index is 1360. The molecule has 0 N–H and O–H groups in total. The molecule has 4 heterocycles. The summed E-state index contributed by atoms with van der Waals surface area (Å²) in [7, 11) is 1.40. The molecule has 1 saturated carbocycles. The van der Waals surface area contributed by atoms with Crippen molar-refractivity contribution in [2.24, 2.45) is 0 Å². The van der Waals surface area contributed by atoms with Crippen LogP contribution >= 0.6 is 11.3 Å². The van der Waals surface area contributed by atoms with E-state index in [-0.39, 0.29) is 30.9 Å². The van der Waals surface area contributed by atoms with Gasteiger partial charge in [-0.3, -0.25) is 9.59 Å². The number of carbonyl (C=O) groups is 3. The fourth-order valence-electron chi connectivity index (χ4n) is 6.39. The van der Waals surface area contributed by atoms with Crippen LogP contribution in [0.25, 0.3) is 21.5 Å². The first-order valence-corrected chi connectivity index (χ1v) is 14.3. The molecular formula is C29H33N3O4S. The molecule has 2 aliphatic heterocycles. The summed E-state index contributed by atoms with van der Waals surface area (Å²) in [5.74, 6) is -0.0642. The van der Waals surface area contributed by atoms with E-state index in [2.05, 4.69) is 10.6 Å². The molecule has 3 aromatic rings. The number of hydrogen-bond donors (Lipinski definition) is 0. The first-order valence-electron chi connectivity index (χ1n) is 13.5. The van der Waals surface area contributed by atoms with Crippen LogP contribution in [0.1, 0.15) is 72.5 Å². The minimum atomic E-state index is -0.348. The van der Waals surface area contributed by atoms with E-state index in [9.17, 15) is 14.4 Å². The molecular weight excluding hydrogens is 486 g/mol. The number of carbonyl (C=O) groups excluding carboxylic acids is 3. The molecule has 2 amide bonds. The number of piperidine rings is 1. The number of esters is 1. The molecule has 2 aromatic heterocycles. The van der Waals surface area contributed by atoms with Gasteiger partial charge in [-0.1, -0.05) is 37.5 Å². The van der Waals surface area contributed by atoms with Crippen molar-refractivity contribution in [2.75, 3.05) is 31.6 Å². The number of anilines is 1. The van der Waals surface area contributed by atoms with Crippen molar-refractivity contribution in [3.05, 3.63) is 40.8 Å². The fourth-order valence-corrected chi connectivity index (χ4v) is 7.59. The largest absolute Gasteiger partial charge is 0.465 e. The SMILES string of the molecule is COC(=O)c1cc2c(s1)c(C1CCCCC1)c1n2CC(=O)N(CC(=O)N2CCCCC2)c2ccccc2-1. The quantitative estimate of drug-likeness (QED) is 0.423. The van der Waals surface area contributed by atoms with E-state index in [4.69, 9.17) is 4.74 Å². The molecule has 8 heteroatoms. The molecule has 3 aliphatic rings. The number of para-hydroxylation sites is 1. The van der Waals surface area contributed by atoms with Crippen molar-refractivity contribution in [3.63, 3.8) is 0 Å². The molecule has 1 saturated heterocycles. The standard InChI is InChI=1S/C29H33N3O4S/c1-36-29(35)23-16-22-28(37-23)26(19-10-4-2-5-11-19)27-20-12-6-7-13-21(20)31(25(34)18-32(22)27)17-24(33)30-14-8-3-9-15-30/h6-7,12-13,16,19H,2-5,8-11,14-15,17-18H2,1H3. The van der Waals surface area contributed by atoms with Crippen molar-refractivity contribution < 1.29 is 19.1 Å². The summed E-state index contributed by atoms with van der Waals surface area (Å²) in [6.45, 7) is 1.72. The van der Waals surface area contributed by atoms with Gasteiger partial charge in [0.1, 0.15) is 18.0 Å². The van der Waals surface area contributed by atoms with E-state index in [1.165, 1.54) is 43.3 Å². The maximum Gasteiger partial charge on any atom is 0.348 e. The van der Waals surface area contributed by atoms with Crippen LogP contribution < -0.4 is 4.90 Å². The van der Waals surface area contributed by atoms with Gasteiger partial charge >= 0.3 is 5.97 Å². The van der Waals surface area contributed by atoms with E-state index >= 15 is 0 Å². The summed E-state index contributed by atoms with van der Waals surface area (Å²) in [6, 6.07) is 9.88. The number of aromatic nitrogens is 1. The van der Waals surface area contributed by atoms with E-state index in [1.54, 1.807) is 4.90 Å². The predicted octanol–water partition coefficient (Wildman–Crippen LogP) is 5.56. The van der Waals surface area contributed by atoms with Gasteiger partial charge in [0.15, 0.2) is 0 Å². The van der Waals surface area contributed by atoms with Gasteiger partial charge in [-0.15, -0.1) is 11.3 Å². The highest BCUT2D eigenvalue weighted by Crippen LogP contribution is 2.49. The number of methoxy groups -OCH3 is 1. The number of rotatable bonds is 4. The van der Waals surface area contributed by atoms with Crippen LogP contribution in [0, 0.1) is 0 Å². The summed E-state index contributed by atoms with van der Waals surface area (Å²) >= 11 is 1.48. The summed E-state index contributed by atoms with van der Waals surface area (Å²) in [4.78, 5) is 43.7. The van der Waals surface area contributed by atoms with Crippen molar-refractivity contribution in [2.45, 2.75) is 63.8 Å². The van der Waals surface area contributed by atoms with Crippen LogP contribution in [-0.4, -0.2) is 54.0 Å². The second-order valence-electron chi connectivity index (χ2n) is 10.4. The second kappa shape index (κ2) is 9.97. The lowest BCUT2D eigenvalue weighted by molar-refractivity contribution is -0.132. The molecule has 2 fully saturated rings. The van der Waals surface area contributed by atoms with Crippen LogP contribution in [-0.2, 0) is 20.9 Å². The van der Waals surface area contributed by atoms with Crippen LogP contribution in [0.15, 0.2) is 30.3 Å². The molecule has 1 aliphatic carbocycles. The molecule has 0 unspecified atom stereocenters. The van der Waals surface area contributed by atoms with Crippen LogP contribution in [0.2, 0.25) is 0 Å². The van der Waals surface area contributed by atoms with Crippen LogP contribution in [0.5, 0.6) is 0 Å². The molecule has 0 bridgehead atoms. The summed E-state index contributed by atoms with van der Waals surface area (Å²) in [5, 5.41) is 0. The number of thiophene rings is 1. The number of nitrogens with zero attached hydrogens (tertiary/aromatic N) is 3. The van der Waals surface area contributed by atoms with Crippen molar-refractivity contribution in [3.8, 4) is 11.3 Å². The van der Waals surface area contributed by atoms with Gasteiger partial charge in [0.2, 0.25) is 11.8 Å². The molecule has 7 nitrogen and oxygen atoms in total. The van der Waals surface area contributed by atoms with E-state index in [0.717, 1.165) is 72.4 Å². The van der Waals surface area contributed by atoms with Gasteiger partial charge in [-0.25, -0.2) is 4.79 Å². The lowest BCUT2D eigenvalue weighted by Crippen LogP contribution is -2.45. The Balaban J connectivity index is 1.49. The summed E-state index contributed by atoms with van der Waals surface area (Å²) in [5.41, 5.74) is 5.02. The molecule has 6 rings (SSSR count). The maximum atomic E-state index is 13.8. The number of amides is 2. The molecule has 1 aromatic carbocycles. The average molecular weight is 520 g/mol. The number of ether oxygens (including phenoxy) is 1. The number of hydrogen-bond acceptors (Lipinski definition) is 5. The second-order valence-corrected chi connectivity index (χ2v) is 11.5. The molecule has 0 atom stereocenters. The number of benzene rings is 1. The maximum absolute atomic E-state index is 13.8. The van der Waals surface area contributed by atoms with Gasteiger partial charge in [0.05, 0.1) is 28.7 Å². The van der Waals surface area contributed by atoms with Gasteiger partial charge < -0.3 is 19.1 Å². The number of fused-ring (bicyclic) bond motifs is 5. The van der Waals surface area contributed by atoms with Crippen molar-refractivity contribution in [1.29, 1.82) is 0 Å². The van der Waals surface area contributed by atoms with E-state index in [1.807, 2.05) is 29.2 Å². The Labute approximate surface area is 221 Å². The van der Waals surface area contributed by atoms with Crippen molar-refractivity contribution in [1.82, 2.24) is 9.47 Å². The molecule has 0 spiro atoms. The highest BCUT2D eigenvalue weighted by molar-refractivity contribution is 7.21. The van der Waals surface area contributed by atoms with Gasteiger partial charge in [0, 0.05) is 18.7 Å². The Morgan fingerprint density at radius 3 is 2.51 bits per heavy atom. The first-order chi connectivity index (χ1) is 18.1.